The lowest BCUT2D eigenvalue weighted by Crippen LogP contribution is -2.29. The van der Waals surface area contributed by atoms with Crippen LogP contribution in [-0.2, 0) is 9.59 Å². The van der Waals surface area contributed by atoms with Crippen molar-refractivity contribution in [2.45, 2.75) is 13.8 Å². The molecule has 0 atom stereocenters. The molecule has 0 radical (unpaired) electrons. The van der Waals surface area contributed by atoms with Gasteiger partial charge in [-0.05, 0) is 36.3 Å². The maximum atomic E-state index is 12.4. The van der Waals surface area contributed by atoms with E-state index in [0.717, 1.165) is 11.1 Å². The van der Waals surface area contributed by atoms with Crippen LogP contribution in [0, 0.1) is 6.92 Å². The molecule has 2 aromatic rings. The fraction of sp³-hybridized carbons (Fsp3) is 0.111. The predicted molar refractivity (Wildman–Crippen MR) is 89.7 cm³/mol. The van der Waals surface area contributed by atoms with E-state index in [1.165, 1.54) is 13.0 Å². The number of hydrogen-bond donors (Lipinski definition) is 3. The second-order valence-electron chi connectivity index (χ2n) is 5.12. The van der Waals surface area contributed by atoms with Gasteiger partial charge in [-0.2, -0.15) is 0 Å². The molecule has 23 heavy (non-hydrogen) atoms. The number of aromatic hydroxyl groups is 1. The lowest BCUT2D eigenvalue weighted by atomic mass is 10.1. The van der Waals surface area contributed by atoms with Gasteiger partial charge in [-0.25, -0.2) is 0 Å². The SMILES string of the molecule is CC(=O)N/C(=C/c1ccccc1)C(=O)Nc1cc(C)ccc1O. The van der Waals surface area contributed by atoms with Gasteiger partial charge in [-0.15, -0.1) is 0 Å². The molecule has 2 rings (SSSR count). The molecule has 0 bridgehead atoms. The van der Waals surface area contributed by atoms with Gasteiger partial charge in [-0.3, -0.25) is 9.59 Å². The monoisotopic (exact) mass is 310 g/mol. The van der Waals surface area contributed by atoms with E-state index in [1.807, 2.05) is 37.3 Å². The number of rotatable bonds is 4. The molecule has 0 saturated heterocycles. The molecular weight excluding hydrogens is 292 g/mol. The summed E-state index contributed by atoms with van der Waals surface area (Å²) >= 11 is 0. The summed E-state index contributed by atoms with van der Waals surface area (Å²) in [5, 5.41) is 14.9. The Hall–Kier alpha value is -3.08. The van der Waals surface area contributed by atoms with Gasteiger partial charge in [0.15, 0.2) is 0 Å². The maximum absolute atomic E-state index is 12.4. The van der Waals surface area contributed by atoms with Crippen LogP contribution in [0.2, 0.25) is 0 Å². The Balaban J connectivity index is 2.28. The molecule has 5 nitrogen and oxygen atoms in total. The van der Waals surface area contributed by atoms with Crippen molar-refractivity contribution < 1.29 is 14.7 Å². The van der Waals surface area contributed by atoms with Gasteiger partial charge in [0.1, 0.15) is 11.4 Å². The number of phenolic OH excluding ortho intramolecular Hbond substituents is 1. The molecule has 0 saturated carbocycles. The van der Waals surface area contributed by atoms with Crippen molar-refractivity contribution in [3.8, 4) is 5.75 Å². The molecule has 3 N–H and O–H groups in total. The minimum atomic E-state index is -0.509. The first-order chi connectivity index (χ1) is 11.0. The summed E-state index contributed by atoms with van der Waals surface area (Å²) in [4.78, 5) is 23.8. The van der Waals surface area contributed by atoms with Gasteiger partial charge in [0.2, 0.25) is 5.91 Å². The van der Waals surface area contributed by atoms with Crippen LogP contribution in [0.4, 0.5) is 5.69 Å². The zero-order valence-corrected chi connectivity index (χ0v) is 13.0. The van der Waals surface area contributed by atoms with Crippen LogP contribution in [0.1, 0.15) is 18.1 Å². The number of aryl methyl sites for hydroxylation is 1. The highest BCUT2D eigenvalue weighted by Crippen LogP contribution is 2.24. The highest BCUT2D eigenvalue weighted by atomic mass is 16.3. The predicted octanol–water partition coefficient (Wildman–Crippen LogP) is 2.82. The van der Waals surface area contributed by atoms with E-state index in [4.69, 9.17) is 0 Å². The summed E-state index contributed by atoms with van der Waals surface area (Å²) in [5.74, 6) is -0.897. The Kier molecular flexibility index (Phi) is 5.15. The van der Waals surface area contributed by atoms with Gasteiger partial charge < -0.3 is 15.7 Å². The largest absolute Gasteiger partial charge is 0.506 e. The van der Waals surface area contributed by atoms with Gasteiger partial charge >= 0.3 is 0 Å². The van der Waals surface area contributed by atoms with Gasteiger partial charge in [0.05, 0.1) is 5.69 Å². The minimum Gasteiger partial charge on any atom is -0.506 e. The highest BCUT2D eigenvalue weighted by Gasteiger charge is 2.13. The van der Waals surface area contributed by atoms with E-state index in [2.05, 4.69) is 10.6 Å². The molecular formula is C18H18N2O3. The quantitative estimate of drug-likeness (QED) is 0.600. The van der Waals surface area contributed by atoms with Crippen molar-refractivity contribution in [2.75, 3.05) is 5.32 Å². The summed E-state index contributed by atoms with van der Waals surface area (Å²) in [5.41, 5.74) is 2.06. The number of carbonyl (C=O) groups is 2. The fourth-order valence-corrected chi connectivity index (χ4v) is 2.00. The van der Waals surface area contributed by atoms with E-state index in [0.29, 0.717) is 5.69 Å². The van der Waals surface area contributed by atoms with E-state index < -0.39 is 5.91 Å². The highest BCUT2D eigenvalue weighted by molar-refractivity contribution is 6.09. The van der Waals surface area contributed by atoms with Gasteiger partial charge in [0.25, 0.3) is 5.91 Å². The Labute approximate surface area is 134 Å². The summed E-state index contributed by atoms with van der Waals surface area (Å²) < 4.78 is 0. The molecule has 0 aromatic heterocycles. The van der Waals surface area contributed by atoms with E-state index >= 15 is 0 Å². The molecule has 0 heterocycles. The average Bonchev–Trinajstić information content (AvgIpc) is 2.51. The number of amides is 2. The van der Waals surface area contributed by atoms with Crippen molar-refractivity contribution in [1.82, 2.24) is 5.32 Å². The molecule has 2 amide bonds. The zero-order valence-electron chi connectivity index (χ0n) is 13.0. The molecule has 0 aliphatic heterocycles. The first kappa shape index (κ1) is 16.3. The van der Waals surface area contributed by atoms with Crippen molar-refractivity contribution in [3.63, 3.8) is 0 Å². The fourth-order valence-electron chi connectivity index (χ4n) is 2.00. The van der Waals surface area contributed by atoms with E-state index in [9.17, 15) is 14.7 Å². The molecule has 2 aromatic carbocycles. The lowest BCUT2D eigenvalue weighted by molar-refractivity contribution is -0.120. The zero-order chi connectivity index (χ0) is 16.8. The normalized spacial score (nSPS) is 11.0. The Bertz CT molecular complexity index is 752. The Morgan fingerprint density at radius 2 is 1.78 bits per heavy atom. The molecule has 118 valence electrons. The second kappa shape index (κ2) is 7.26. The van der Waals surface area contributed by atoms with Gasteiger partial charge in [0, 0.05) is 6.92 Å². The summed E-state index contributed by atoms with van der Waals surface area (Å²) in [6.07, 6.45) is 1.57. The number of benzene rings is 2. The van der Waals surface area contributed by atoms with Gasteiger partial charge in [-0.1, -0.05) is 36.4 Å². The van der Waals surface area contributed by atoms with Crippen molar-refractivity contribution in [1.29, 1.82) is 0 Å². The summed E-state index contributed by atoms with van der Waals surface area (Å²) in [6, 6.07) is 14.1. The Morgan fingerprint density at radius 1 is 1.09 bits per heavy atom. The second-order valence-corrected chi connectivity index (χ2v) is 5.12. The standard InChI is InChI=1S/C18H18N2O3/c1-12-8-9-17(22)15(10-12)20-18(23)16(19-13(2)21)11-14-6-4-3-5-7-14/h3-11,22H,1-2H3,(H,19,21)(H,20,23)/b16-11+. The number of anilines is 1. The van der Waals surface area contributed by atoms with E-state index in [1.54, 1.807) is 18.2 Å². The van der Waals surface area contributed by atoms with Crippen LogP contribution in [0.25, 0.3) is 6.08 Å². The number of hydrogen-bond acceptors (Lipinski definition) is 3. The smallest absolute Gasteiger partial charge is 0.272 e. The topological polar surface area (TPSA) is 78.4 Å². The number of phenols is 1. The van der Waals surface area contributed by atoms with Crippen LogP contribution in [0.3, 0.4) is 0 Å². The van der Waals surface area contributed by atoms with Crippen LogP contribution in [-0.4, -0.2) is 16.9 Å². The third-order valence-electron chi connectivity index (χ3n) is 3.07. The molecule has 0 fully saturated rings. The summed E-state index contributed by atoms with van der Waals surface area (Å²) in [6.45, 7) is 3.18. The molecule has 0 spiro atoms. The Morgan fingerprint density at radius 3 is 2.43 bits per heavy atom. The third kappa shape index (κ3) is 4.71. The average molecular weight is 310 g/mol. The van der Waals surface area contributed by atoms with Crippen LogP contribution < -0.4 is 10.6 Å². The van der Waals surface area contributed by atoms with Crippen molar-refractivity contribution >= 4 is 23.6 Å². The molecule has 5 heteroatoms. The molecule has 0 aliphatic rings. The number of nitrogens with one attached hydrogen (secondary N) is 2. The first-order valence-corrected chi connectivity index (χ1v) is 7.11. The third-order valence-corrected chi connectivity index (χ3v) is 3.07. The van der Waals surface area contributed by atoms with Crippen molar-refractivity contribution in [2.24, 2.45) is 0 Å². The lowest BCUT2D eigenvalue weighted by Gasteiger charge is -2.11. The van der Waals surface area contributed by atoms with Crippen LogP contribution in [0.5, 0.6) is 5.75 Å². The van der Waals surface area contributed by atoms with Crippen LogP contribution in [0.15, 0.2) is 54.2 Å². The summed E-state index contributed by atoms with van der Waals surface area (Å²) in [7, 11) is 0. The molecule has 0 aliphatic carbocycles. The molecule has 0 unspecified atom stereocenters. The number of carbonyl (C=O) groups excluding carboxylic acids is 2. The van der Waals surface area contributed by atoms with E-state index in [-0.39, 0.29) is 17.4 Å². The van der Waals surface area contributed by atoms with Crippen LogP contribution >= 0.6 is 0 Å². The maximum Gasteiger partial charge on any atom is 0.272 e. The minimum absolute atomic E-state index is 0.0363. The van der Waals surface area contributed by atoms with Crippen molar-refractivity contribution in [3.05, 3.63) is 65.4 Å². The first-order valence-electron chi connectivity index (χ1n) is 7.11.